The first-order valence-corrected chi connectivity index (χ1v) is 9.11. The maximum atomic E-state index is 12.4. The van der Waals surface area contributed by atoms with Gasteiger partial charge in [0.1, 0.15) is 17.2 Å². The summed E-state index contributed by atoms with van der Waals surface area (Å²) in [5.74, 6) is 1.92. The molecule has 0 aliphatic heterocycles. The lowest BCUT2D eigenvalue weighted by atomic mass is 10.1. The van der Waals surface area contributed by atoms with Gasteiger partial charge in [0, 0.05) is 22.6 Å². The maximum Gasteiger partial charge on any atom is 0.230 e. The van der Waals surface area contributed by atoms with Crippen molar-refractivity contribution in [2.24, 2.45) is 0 Å². The highest BCUT2D eigenvalue weighted by atomic mass is 32.1. The lowest BCUT2D eigenvalue weighted by molar-refractivity contribution is -0.115. The predicted molar refractivity (Wildman–Crippen MR) is 106 cm³/mol. The lowest BCUT2D eigenvalue weighted by Crippen LogP contribution is -2.14. The van der Waals surface area contributed by atoms with Gasteiger partial charge in [-0.15, -0.1) is 11.3 Å². The van der Waals surface area contributed by atoms with Crippen LogP contribution in [0.2, 0.25) is 0 Å². The van der Waals surface area contributed by atoms with Gasteiger partial charge in [-0.25, -0.2) is 4.98 Å². The van der Waals surface area contributed by atoms with Gasteiger partial charge in [0.15, 0.2) is 5.13 Å². The van der Waals surface area contributed by atoms with Crippen LogP contribution in [0.5, 0.6) is 17.2 Å². The Bertz CT molecular complexity index is 922. The van der Waals surface area contributed by atoms with Gasteiger partial charge >= 0.3 is 0 Å². The number of thiazole rings is 1. The molecule has 0 atom stereocenters. The summed E-state index contributed by atoms with van der Waals surface area (Å²) >= 11 is 1.38. The Morgan fingerprint density at radius 3 is 2.37 bits per heavy atom. The second-order valence-corrected chi connectivity index (χ2v) is 6.53. The molecule has 0 saturated carbocycles. The van der Waals surface area contributed by atoms with E-state index in [1.165, 1.54) is 11.3 Å². The Kier molecular flexibility index (Phi) is 5.93. The Morgan fingerprint density at radius 1 is 1.00 bits per heavy atom. The molecule has 27 heavy (non-hydrogen) atoms. The van der Waals surface area contributed by atoms with Crippen LogP contribution in [0.4, 0.5) is 5.13 Å². The van der Waals surface area contributed by atoms with Gasteiger partial charge in [-0.1, -0.05) is 6.07 Å². The highest BCUT2D eigenvalue weighted by molar-refractivity contribution is 7.14. The van der Waals surface area contributed by atoms with Crippen LogP contribution in [0.1, 0.15) is 5.56 Å². The first-order valence-electron chi connectivity index (χ1n) is 8.23. The average Bonchev–Trinajstić information content (AvgIpc) is 3.16. The second-order valence-electron chi connectivity index (χ2n) is 5.67. The van der Waals surface area contributed by atoms with E-state index in [0.29, 0.717) is 16.6 Å². The van der Waals surface area contributed by atoms with Crippen LogP contribution in [0.25, 0.3) is 11.3 Å². The van der Waals surface area contributed by atoms with Crippen molar-refractivity contribution in [3.8, 4) is 28.5 Å². The molecule has 140 valence electrons. The number of rotatable bonds is 7. The van der Waals surface area contributed by atoms with E-state index in [1.807, 2.05) is 35.7 Å². The first kappa shape index (κ1) is 18.7. The fourth-order valence-electron chi connectivity index (χ4n) is 2.56. The van der Waals surface area contributed by atoms with E-state index in [1.54, 1.807) is 33.5 Å². The quantitative estimate of drug-likeness (QED) is 0.666. The minimum Gasteiger partial charge on any atom is -0.497 e. The molecule has 0 saturated heterocycles. The number of anilines is 1. The fraction of sp³-hybridized carbons (Fsp3) is 0.200. The van der Waals surface area contributed by atoms with Crippen molar-refractivity contribution in [2.45, 2.75) is 6.42 Å². The summed E-state index contributed by atoms with van der Waals surface area (Å²) in [5.41, 5.74) is 2.55. The molecule has 0 unspecified atom stereocenters. The van der Waals surface area contributed by atoms with Crippen LogP contribution in [0.3, 0.4) is 0 Å². The van der Waals surface area contributed by atoms with Crippen LogP contribution in [-0.2, 0) is 11.2 Å². The summed E-state index contributed by atoms with van der Waals surface area (Å²) in [7, 11) is 4.78. The predicted octanol–water partition coefficient (Wildman–Crippen LogP) is 4.02. The van der Waals surface area contributed by atoms with E-state index in [9.17, 15) is 4.79 Å². The van der Waals surface area contributed by atoms with Gasteiger partial charge in [-0.05, 0) is 30.3 Å². The number of nitrogens with zero attached hydrogens (tertiary/aromatic N) is 1. The highest BCUT2D eigenvalue weighted by Gasteiger charge is 2.12. The van der Waals surface area contributed by atoms with Crippen molar-refractivity contribution in [3.05, 3.63) is 53.4 Å². The van der Waals surface area contributed by atoms with E-state index < -0.39 is 0 Å². The molecule has 0 aliphatic carbocycles. The number of nitrogens with one attached hydrogen (secondary N) is 1. The molecule has 0 aliphatic rings. The van der Waals surface area contributed by atoms with Gasteiger partial charge < -0.3 is 19.5 Å². The summed E-state index contributed by atoms with van der Waals surface area (Å²) < 4.78 is 15.7. The molecule has 1 amide bonds. The Balaban J connectivity index is 1.67. The van der Waals surface area contributed by atoms with Gasteiger partial charge in [0.2, 0.25) is 5.91 Å². The first-order chi connectivity index (χ1) is 13.1. The van der Waals surface area contributed by atoms with Gasteiger partial charge in [0.25, 0.3) is 0 Å². The van der Waals surface area contributed by atoms with Crippen LogP contribution in [0, 0.1) is 0 Å². The summed E-state index contributed by atoms with van der Waals surface area (Å²) in [6, 6.07) is 13.0. The van der Waals surface area contributed by atoms with Crippen molar-refractivity contribution in [1.82, 2.24) is 4.98 Å². The number of ether oxygens (including phenoxy) is 3. The van der Waals surface area contributed by atoms with Crippen molar-refractivity contribution < 1.29 is 19.0 Å². The third-order valence-electron chi connectivity index (χ3n) is 3.98. The van der Waals surface area contributed by atoms with Crippen LogP contribution in [0.15, 0.2) is 47.8 Å². The molecule has 3 rings (SSSR count). The minimum atomic E-state index is -0.158. The molecule has 0 bridgehead atoms. The molecule has 2 aromatic carbocycles. The van der Waals surface area contributed by atoms with Crippen LogP contribution >= 0.6 is 11.3 Å². The molecule has 1 aromatic heterocycles. The molecule has 3 aromatic rings. The second kappa shape index (κ2) is 8.55. The average molecular weight is 384 g/mol. The highest BCUT2D eigenvalue weighted by Crippen LogP contribution is 2.28. The van der Waals surface area contributed by atoms with E-state index >= 15 is 0 Å². The Hall–Kier alpha value is -3.06. The molecule has 6 nitrogen and oxygen atoms in total. The third-order valence-corrected chi connectivity index (χ3v) is 4.74. The lowest BCUT2D eigenvalue weighted by Gasteiger charge is -2.10. The van der Waals surface area contributed by atoms with E-state index in [4.69, 9.17) is 14.2 Å². The SMILES string of the molecule is COc1ccc(-c2csc(NC(=O)Cc3ccc(OC)cc3OC)n2)cc1. The van der Waals surface area contributed by atoms with Crippen molar-refractivity contribution in [1.29, 1.82) is 0 Å². The number of benzene rings is 2. The van der Waals surface area contributed by atoms with Crippen LogP contribution in [-0.4, -0.2) is 32.2 Å². The summed E-state index contributed by atoms with van der Waals surface area (Å²) in [6.45, 7) is 0. The zero-order valence-electron chi connectivity index (χ0n) is 15.3. The number of aromatic nitrogens is 1. The van der Waals surface area contributed by atoms with Crippen molar-refractivity contribution in [3.63, 3.8) is 0 Å². The summed E-state index contributed by atoms with van der Waals surface area (Å²) in [4.78, 5) is 16.9. The number of carbonyl (C=O) groups is 1. The van der Waals surface area contributed by atoms with Gasteiger partial charge in [0.05, 0.1) is 33.4 Å². The zero-order chi connectivity index (χ0) is 19.2. The van der Waals surface area contributed by atoms with Gasteiger partial charge in [-0.3, -0.25) is 4.79 Å². The Morgan fingerprint density at radius 2 is 1.70 bits per heavy atom. The topological polar surface area (TPSA) is 69.7 Å². The minimum absolute atomic E-state index is 0.158. The number of methoxy groups -OCH3 is 3. The molecular formula is C20H20N2O4S. The number of hydrogen-bond acceptors (Lipinski definition) is 6. The monoisotopic (exact) mass is 384 g/mol. The normalized spacial score (nSPS) is 10.3. The molecule has 1 N–H and O–H groups in total. The third kappa shape index (κ3) is 4.57. The number of amides is 1. The number of hydrogen-bond donors (Lipinski definition) is 1. The zero-order valence-corrected chi connectivity index (χ0v) is 16.1. The summed E-state index contributed by atoms with van der Waals surface area (Å²) in [6.07, 6.45) is 0.185. The summed E-state index contributed by atoms with van der Waals surface area (Å²) in [5, 5.41) is 5.30. The fourth-order valence-corrected chi connectivity index (χ4v) is 3.30. The molecular weight excluding hydrogens is 364 g/mol. The molecule has 0 spiro atoms. The van der Waals surface area contributed by atoms with Crippen LogP contribution < -0.4 is 19.5 Å². The molecule has 0 fully saturated rings. The van der Waals surface area contributed by atoms with E-state index in [-0.39, 0.29) is 12.3 Å². The number of carbonyl (C=O) groups excluding carboxylic acids is 1. The molecule has 7 heteroatoms. The van der Waals surface area contributed by atoms with E-state index in [2.05, 4.69) is 10.3 Å². The molecule has 1 heterocycles. The molecule has 0 radical (unpaired) electrons. The van der Waals surface area contributed by atoms with E-state index in [0.717, 1.165) is 22.6 Å². The van der Waals surface area contributed by atoms with Gasteiger partial charge in [-0.2, -0.15) is 0 Å². The maximum absolute atomic E-state index is 12.4. The standard InChI is InChI=1S/C20H20N2O4S/c1-24-15-7-4-13(5-8-15)17-12-27-20(21-17)22-19(23)10-14-6-9-16(25-2)11-18(14)26-3/h4-9,11-12H,10H2,1-3H3,(H,21,22,23). The Labute approximate surface area is 161 Å². The smallest absolute Gasteiger partial charge is 0.230 e. The largest absolute Gasteiger partial charge is 0.497 e. The van der Waals surface area contributed by atoms with Crippen molar-refractivity contribution >= 4 is 22.4 Å². The van der Waals surface area contributed by atoms with Crippen molar-refractivity contribution in [2.75, 3.05) is 26.6 Å².